The van der Waals surface area contributed by atoms with Crippen molar-refractivity contribution in [1.82, 2.24) is 10.2 Å². The zero-order chi connectivity index (χ0) is 15.9. The number of hydrogen-bond donors (Lipinski definition) is 2. The Balaban J connectivity index is 1.75. The SMILES string of the molecule is CC(O)C1CCCN(CC(=O)NCC(=O)c2ccccc2)C1. The van der Waals surface area contributed by atoms with Crippen LogP contribution in [0.3, 0.4) is 0 Å². The van der Waals surface area contributed by atoms with E-state index in [1.807, 2.05) is 11.0 Å². The highest BCUT2D eigenvalue weighted by Crippen LogP contribution is 2.19. The van der Waals surface area contributed by atoms with Crippen LogP contribution in [0.4, 0.5) is 0 Å². The Labute approximate surface area is 131 Å². The van der Waals surface area contributed by atoms with Crippen molar-refractivity contribution in [2.24, 2.45) is 5.92 Å². The van der Waals surface area contributed by atoms with E-state index in [-0.39, 0.29) is 36.8 Å². The lowest BCUT2D eigenvalue weighted by Gasteiger charge is -2.33. The van der Waals surface area contributed by atoms with Crippen LogP contribution in [0, 0.1) is 5.92 Å². The summed E-state index contributed by atoms with van der Waals surface area (Å²) in [5, 5.41) is 12.3. The fourth-order valence-corrected chi connectivity index (χ4v) is 2.79. The molecule has 0 aliphatic carbocycles. The van der Waals surface area contributed by atoms with Crippen LogP contribution < -0.4 is 5.32 Å². The van der Waals surface area contributed by atoms with Gasteiger partial charge in [0.2, 0.25) is 5.91 Å². The minimum Gasteiger partial charge on any atom is -0.393 e. The summed E-state index contributed by atoms with van der Waals surface area (Å²) in [6.45, 7) is 3.70. The molecule has 2 unspecified atom stereocenters. The molecule has 0 aromatic heterocycles. The van der Waals surface area contributed by atoms with Crippen LogP contribution in [0.1, 0.15) is 30.1 Å². The first kappa shape index (κ1) is 16.6. The summed E-state index contributed by atoms with van der Waals surface area (Å²) in [6.07, 6.45) is 1.65. The number of carbonyl (C=O) groups is 2. The third-order valence-corrected chi connectivity index (χ3v) is 4.13. The number of aliphatic hydroxyl groups excluding tert-OH is 1. The van der Waals surface area contributed by atoms with Gasteiger partial charge >= 0.3 is 0 Å². The van der Waals surface area contributed by atoms with Crippen LogP contribution in [0.25, 0.3) is 0 Å². The van der Waals surface area contributed by atoms with E-state index in [1.165, 1.54) is 0 Å². The van der Waals surface area contributed by atoms with E-state index in [9.17, 15) is 14.7 Å². The molecule has 1 amide bonds. The first-order chi connectivity index (χ1) is 10.6. The molecule has 0 saturated carbocycles. The van der Waals surface area contributed by atoms with E-state index in [1.54, 1.807) is 31.2 Å². The molecule has 1 fully saturated rings. The Bertz CT molecular complexity index is 502. The van der Waals surface area contributed by atoms with Crippen LogP contribution in [0.15, 0.2) is 30.3 Å². The zero-order valence-electron chi connectivity index (χ0n) is 13.0. The number of ketones is 1. The van der Waals surface area contributed by atoms with Crippen molar-refractivity contribution in [3.8, 4) is 0 Å². The predicted molar refractivity (Wildman–Crippen MR) is 84.6 cm³/mol. The van der Waals surface area contributed by atoms with Crippen molar-refractivity contribution in [1.29, 1.82) is 0 Å². The number of benzene rings is 1. The molecule has 5 heteroatoms. The van der Waals surface area contributed by atoms with E-state index < -0.39 is 0 Å². The van der Waals surface area contributed by atoms with E-state index in [4.69, 9.17) is 0 Å². The lowest BCUT2D eigenvalue weighted by molar-refractivity contribution is -0.122. The molecule has 1 aromatic carbocycles. The molecule has 1 aliphatic heterocycles. The smallest absolute Gasteiger partial charge is 0.234 e. The highest BCUT2D eigenvalue weighted by Gasteiger charge is 2.24. The molecule has 2 N–H and O–H groups in total. The molecule has 2 atom stereocenters. The number of amides is 1. The predicted octanol–water partition coefficient (Wildman–Crippen LogP) is 1.08. The second kappa shape index (κ2) is 8.06. The van der Waals surface area contributed by atoms with Gasteiger partial charge < -0.3 is 10.4 Å². The molecule has 0 spiro atoms. The molecule has 0 radical (unpaired) electrons. The lowest BCUT2D eigenvalue weighted by atomic mass is 9.93. The molecule has 1 aliphatic rings. The number of nitrogens with zero attached hydrogens (tertiary/aromatic N) is 1. The van der Waals surface area contributed by atoms with E-state index in [0.717, 1.165) is 25.9 Å². The second-order valence-corrected chi connectivity index (χ2v) is 5.94. The molecule has 22 heavy (non-hydrogen) atoms. The van der Waals surface area contributed by atoms with Crippen molar-refractivity contribution in [2.45, 2.75) is 25.9 Å². The molecule has 2 rings (SSSR count). The summed E-state index contributed by atoms with van der Waals surface area (Å²) in [4.78, 5) is 25.9. The molecule has 1 heterocycles. The number of aliphatic hydroxyl groups is 1. The van der Waals surface area contributed by atoms with Crippen molar-refractivity contribution in [2.75, 3.05) is 26.2 Å². The number of likely N-dealkylation sites (tertiary alicyclic amines) is 1. The molecular formula is C17H24N2O3. The van der Waals surface area contributed by atoms with Crippen molar-refractivity contribution < 1.29 is 14.7 Å². The van der Waals surface area contributed by atoms with Gasteiger partial charge in [-0.1, -0.05) is 30.3 Å². The summed E-state index contributed by atoms with van der Waals surface area (Å²) in [6, 6.07) is 8.95. The summed E-state index contributed by atoms with van der Waals surface area (Å²) < 4.78 is 0. The van der Waals surface area contributed by atoms with Gasteiger partial charge in [-0.25, -0.2) is 0 Å². The Morgan fingerprint density at radius 1 is 1.36 bits per heavy atom. The third-order valence-electron chi connectivity index (χ3n) is 4.13. The van der Waals surface area contributed by atoms with Crippen LogP contribution in [0.5, 0.6) is 0 Å². The van der Waals surface area contributed by atoms with E-state index >= 15 is 0 Å². The van der Waals surface area contributed by atoms with Gasteiger partial charge in [0, 0.05) is 12.1 Å². The minimum atomic E-state index is -0.342. The number of nitrogens with one attached hydrogen (secondary N) is 1. The molecule has 0 bridgehead atoms. The summed E-state index contributed by atoms with van der Waals surface area (Å²) in [5.74, 6) is -0.00234. The fraction of sp³-hybridized carbons (Fsp3) is 0.529. The summed E-state index contributed by atoms with van der Waals surface area (Å²) >= 11 is 0. The summed E-state index contributed by atoms with van der Waals surface area (Å²) in [5.41, 5.74) is 0.606. The Hall–Kier alpha value is -1.72. The monoisotopic (exact) mass is 304 g/mol. The Morgan fingerprint density at radius 2 is 2.09 bits per heavy atom. The highest BCUT2D eigenvalue weighted by molar-refractivity contribution is 5.99. The van der Waals surface area contributed by atoms with E-state index in [0.29, 0.717) is 5.56 Å². The summed E-state index contributed by atoms with van der Waals surface area (Å²) in [7, 11) is 0. The van der Waals surface area contributed by atoms with Gasteiger partial charge in [0.1, 0.15) is 0 Å². The largest absolute Gasteiger partial charge is 0.393 e. The second-order valence-electron chi connectivity index (χ2n) is 5.94. The van der Waals surface area contributed by atoms with Gasteiger partial charge in [0.05, 0.1) is 19.2 Å². The molecular weight excluding hydrogens is 280 g/mol. The topological polar surface area (TPSA) is 69.6 Å². The maximum Gasteiger partial charge on any atom is 0.234 e. The highest BCUT2D eigenvalue weighted by atomic mass is 16.3. The zero-order valence-corrected chi connectivity index (χ0v) is 13.0. The maximum absolute atomic E-state index is 12.0. The first-order valence-electron chi connectivity index (χ1n) is 7.81. The van der Waals surface area contributed by atoms with Gasteiger partial charge in [0.15, 0.2) is 5.78 Å². The minimum absolute atomic E-state index is 0.0243. The number of carbonyl (C=O) groups excluding carboxylic acids is 2. The molecule has 1 saturated heterocycles. The number of hydrogen-bond acceptors (Lipinski definition) is 4. The number of piperidine rings is 1. The van der Waals surface area contributed by atoms with Gasteiger partial charge in [-0.15, -0.1) is 0 Å². The molecule has 1 aromatic rings. The van der Waals surface area contributed by atoms with Gasteiger partial charge in [-0.3, -0.25) is 14.5 Å². The first-order valence-corrected chi connectivity index (χ1v) is 7.81. The molecule has 5 nitrogen and oxygen atoms in total. The average molecular weight is 304 g/mol. The fourth-order valence-electron chi connectivity index (χ4n) is 2.79. The van der Waals surface area contributed by atoms with Gasteiger partial charge in [-0.2, -0.15) is 0 Å². The number of Topliss-reactive ketones (excluding diaryl/α,β-unsaturated/α-hetero) is 1. The van der Waals surface area contributed by atoms with Crippen LogP contribution in [-0.4, -0.2) is 54.0 Å². The van der Waals surface area contributed by atoms with Crippen molar-refractivity contribution in [3.05, 3.63) is 35.9 Å². The molecule has 120 valence electrons. The Morgan fingerprint density at radius 3 is 2.77 bits per heavy atom. The van der Waals surface area contributed by atoms with Crippen LogP contribution >= 0.6 is 0 Å². The van der Waals surface area contributed by atoms with Crippen LogP contribution in [-0.2, 0) is 4.79 Å². The van der Waals surface area contributed by atoms with E-state index in [2.05, 4.69) is 5.32 Å². The quantitative estimate of drug-likeness (QED) is 0.772. The standard InChI is InChI=1S/C17H24N2O3/c1-13(20)15-8-5-9-19(11-15)12-17(22)18-10-16(21)14-6-3-2-4-7-14/h2-4,6-7,13,15,20H,5,8-12H2,1H3,(H,18,22). The lowest BCUT2D eigenvalue weighted by Crippen LogP contribution is -2.45. The third kappa shape index (κ3) is 4.93. The van der Waals surface area contributed by atoms with Gasteiger partial charge in [-0.05, 0) is 32.2 Å². The van der Waals surface area contributed by atoms with Crippen molar-refractivity contribution >= 4 is 11.7 Å². The Kier molecular flexibility index (Phi) is 6.10. The number of rotatable bonds is 6. The maximum atomic E-state index is 12.0. The normalized spacial score (nSPS) is 20.4. The van der Waals surface area contributed by atoms with Crippen LogP contribution in [0.2, 0.25) is 0 Å². The van der Waals surface area contributed by atoms with Gasteiger partial charge in [0.25, 0.3) is 0 Å². The average Bonchev–Trinajstić information content (AvgIpc) is 2.53. The van der Waals surface area contributed by atoms with Crippen molar-refractivity contribution in [3.63, 3.8) is 0 Å².